The fourth-order valence-electron chi connectivity index (χ4n) is 3.47. The van der Waals surface area contributed by atoms with E-state index in [0.717, 1.165) is 11.1 Å². The Kier molecular flexibility index (Phi) is 5.52. The second kappa shape index (κ2) is 8.28. The summed E-state index contributed by atoms with van der Waals surface area (Å²) in [4.78, 5) is 24.9. The van der Waals surface area contributed by atoms with Gasteiger partial charge in [0.25, 0.3) is 0 Å². The highest BCUT2D eigenvalue weighted by Crippen LogP contribution is 2.31. The van der Waals surface area contributed by atoms with Gasteiger partial charge in [-0.1, -0.05) is 23.8 Å². The maximum absolute atomic E-state index is 12.4. The molecule has 0 saturated heterocycles. The molecule has 4 rings (SSSR count). The first-order valence-electron chi connectivity index (χ1n) is 10.0. The molecule has 2 N–H and O–H groups in total. The Morgan fingerprint density at radius 3 is 2.74 bits per heavy atom. The molecule has 3 heterocycles. The number of pyridine rings is 1. The minimum Gasteiger partial charge on any atom is -0.456 e. The summed E-state index contributed by atoms with van der Waals surface area (Å²) in [5.41, 5.74) is 4.17. The van der Waals surface area contributed by atoms with Gasteiger partial charge in [0.1, 0.15) is 17.6 Å². The second-order valence-corrected chi connectivity index (χ2v) is 7.85. The van der Waals surface area contributed by atoms with Gasteiger partial charge in [-0.3, -0.25) is 4.79 Å². The molecular weight excluding hydrogens is 392 g/mol. The Morgan fingerprint density at radius 1 is 1.16 bits per heavy atom. The number of benzene rings is 1. The lowest BCUT2D eigenvalue weighted by Gasteiger charge is -2.19. The van der Waals surface area contributed by atoms with Crippen LogP contribution in [0.4, 0.5) is 0 Å². The summed E-state index contributed by atoms with van der Waals surface area (Å²) >= 11 is 0. The van der Waals surface area contributed by atoms with Crippen LogP contribution in [0.2, 0.25) is 0 Å². The number of aliphatic hydroxyl groups is 1. The van der Waals surface area contributed by atoms with Crippen LogP contribution in [-0.2, 0) is 23.4 Å². The summed E-state index contributed by atoms with van der Waals surface area (Å²) in [7, 11) is 0. The first-order chi connectivity index (χ1) is 14.8. The highest BCUT2D eigenvalue weighted by molar-refractivity contribution is 5.80. The number of amides is 1. The summed E-state index contributed by atoms with van der Waals surface area (Å²) in [5.74, 6) is 0.216. The quantitative estimate of drug-likeness (QED) is 0.500. The van der Waals surface area contributed by atoms with Crippen LogP contribution in [0.25, 0.3) is 11.1 Å². The third-order valence-corrected chi connectivity index (χ3v) is 5.31. The molecule has 4 aromatic rings. The summed E-state index contributed by atoms with van der Waals surface area (Å²) in [6.07, 6.45) is 3.09. The van der Waals surface area contributed by atoms with Crippen LogP contribution < -0.4 is 5.32 Å². The van der Waals surface area contributed by atoms with E-state index in [0.29, 0.717) is 34.8 Å². The summed E-state index contributed by atoms with van der Waals surface area (Å²) in [5, 5.41) is 13.9. The molecule has 0 spiro atoms. The van der Waals surface area contributed by atoms with Crippen molar-refractivity contribution in [3.63, 3.8) is 0 Å². The highest BCUT2D eigenvalue weighted by Gasteiger charge is 2.31. The molecule has 0 fully saturated rings. The van der Waals surface area contributed by atoms with E-state index in [1.807, 2.05) is 26.0 Å². The molecule has 1 amide bonds. The summed E-state index contributed by atoms with van der Waals surface area (Å²) < 4.78 is 5.80. The number of aryl methyl sites for hydroxylation is 2. The van der Waals surface area contributed by atoms with Crippen LogP contribution in [0.1, 0.15) is 40.8 Å². The molecule has 0 radical (unpaired) electrons. The molecule has 0 aliphatic carbocycles. The third-order valence-electron chi connectivity index (χ3n) is 5.31. The molecule has 0 saturated carbocycles. The van der Waals surface area contributed by atoms with Crippen molar-refractivity contribution in [2.24, 2.45) is 0 Å². The van der Waals surface area contributed by atoms with E-state index >= 15 is 0 Å². The summed E-state index contributed by atoms with van der Waals surface area (Å²) in [6.45, 7) is 6.17. The van der Waals surface area contributed by atoms with Gasteiger partial charge in [-0.15, -0.1) is 0 Å². The maximum atomic E-state index is 12.4. The number of carbonyl (C=O) groups is 1. The maximum Gasteiger partial charge on any atom is 0.226 e. The lowest BCUT2D eigenvalue weighted by atomic mass is 9.99. The lowest BCUT2D eigenvalue weighted by Crippen LogP contribution is -2.25. The topological polar surface area (TPSA) is 101 Å². The van der Waals surface area contributed by atoms with Gasteiger partial charge in [-0.25, -0.2) is 15.0 Å². The minimum absolute atomic E-state index is 0.108. The van der Waals surface area contributed by atoms with Crippen molar-refractivity contribution in [2.75, 3.05) is 0 Å². The van der Waals surface area contributed by atoms with E-state index in [2.05, 4.69) is 26.3 Å². The molecule has 158 valence electrons. The Hall–Kier alpha value is -3.58. The lowest BCUT2D eigenvalue weighted by molar-refractivity contribution is -0.120. The van der Waals surface area contributed by atoms with Crippen molar-refractivity contribution in [1.82, 2.24) is 20.3 Å². The van der Waals surface area contributed by atoms with Gasteiger partial charge in [0.05, 0.1) is 17.8 Å². The number of nitrogens with zero attached hydrogens (tertiary/aromatic N) is 3. The van der Waals surface area contributed by atoms with E-state index in [1.54, 1.807) is 37.4 Å². The van der Waals surface area contributed by atoms with E-state index in [4.69, 9.17) is 4.42 Å². The van der Waals surface area contributed by atoms with Gasteiger partial charge >= 0.3 is 0 Å². The normalized spacial score (nSPS) is 13.2. The molecule has 1 atom stereocenters. The third kappa shape index (κ3) is 4.46. The van der Waals surface area contributed by atoms with Crippen molar-refractivity contribution in [3.05, 3.63) is 88.8 Å². The second-order valence-electron chi connectivity index (χ2n) is 7.85. The number of nitrogens with one attached hydrogen (secondary N) is 1. The van der Waals surface area contributed by atoms with Crippen molar-refractivity contribution < 1.29 is 14.3 Å². The molecule has 0 aliphatic rings. The largest absolute Gasteiger partial charge is 0.456 e. The van der Waals surface area contributed by atoms with Gasteiger partial charge in [0.15, 0.2) is 11.2 Å². The van der Waals surface area contributed by atoms with Crippen LogP contribution in [0.3, 0.4) is 0 Å². The van der Waals surface area contributed by atoms with Crippen LogP contribution in [0.5, 0.6) is 0 Å². The number of hydrogen-bond donors (Lipinski definition) is 2. The molecule has 0 aliphatic heterocycles. The minimum atomic E-state index is -1.42. The first-order valence-corrected chi connectivity index (χ1v) is 10.0. The number of aromatic nitrogens is 3. The number of furan rings is 1. The predicted octanol–water partition coefficient (Wildman–Crippen LogP) is 3.35. The van der Waals surface area contributed by atoms with Crippen molar-refractivity contribution in [1.29, 1.82) is 0 Å². The molecule has 1 unspecified atom stereocenters. The number of hydrogen-bond acceptors (Lipinski definition) is 6. The Morgan fingerprint density at radius 2 is 2.00 bits per heavy atom. The van der Waals surface area contributed by atoms with E-state index in [-0.39, 0.29) is 12.3 Å². The number of rotatable bonds is 6. The standard InChI is InChI=1S/C24H24N4O3/c1-15-4-5-17(16(2)10-15)13-26-23(29)11-18-6-7-20-19(28-18)12-22(31-20)24(3,30)21-8-9-25-14-27-21/h4-10,12,14,30H,11,13H2,1-3H3,(H,26,29). The number of fused-ring (bicyclic) bond motifs is 1. The molecule has 7 heteroatoms. The Bertz CT molecular complexity index is 1230. The zero-order valence-electron chi connectivity index (χ0n) is 17.7. The van der Waals surface area contributed by atoms with Crippen LogP contribution in [-0.4, -0.2) is 26.0 Å². The molecule has 7 nitrogen and oxygen atoms in total. The summed E-state index contributed by atoms with van der Waals surface area (Å²) in [6, 6.07) is 13.0. The van der Waals surface area contributed by atoms with E-state index in [1.165, 1.54) is 11.9 Å². The zero-order valence-corrected chi connectivity index (χ0v) is 17.7. The SMILES string of the molecule is Cc1ccc(CNC(=O)Cc2ccc3oc(C(C)(O)c4ccncn4)cc3n2)c(C)c1. The fraction of sp³-hybridized carbons (Fsp3) is 0.250. The van der Waals surface area contributed by atoms with Gasteiger partial charge in [0.2, 0.25) is 5.91 Å². The van der Waals surface area contributed by atoms with E-state index < -0.39 is 5.60 Å². The monoisotopic (exact) mass is 416 g/mol. The van der Waals surface area contributed by atoms with Crippen molar-refractivity contribution in [3.8, 4) is 0 Å². The average molecular weight is 416 g/mol. The molecule has 1 aromatic carbocycles. The van der Waals surface area contributed by atoms with Crippen LogP contribution in [0.15, 0.2) is 59.4 Å². The van der Waals surface area contributed by atoms with Crippen molar-refractivity contribution in [2.45, 2.75) is 39.3 Å². The molecular formula is C24H24N4O3. The number of carbonyl (C=O) groups excluding carboxylic acids is 1. The van der Waals surface area contributed by atoms with Crippen LogP contribution in [0, 0.1) is 13.8 Å². The molecule has 3 aromatic heterocycles. The Balaban J connectivity index is 1.47. The first kappa shape index (κ1) is 20.7. The molecule has 0 bridgehead atoms. The van der Waals surface area contributed by atoms with Gasteiger partial charge in [-0.05, 0) is 50.1 Å². The van der Waals surface area contributed by atoms with Gasteiger partial charge in [0, 0.05) is 18.8 Å². The van der Waals surface area contributed by atoms with Gasteiger partial charge < -0.3 is 14.8 Å². The van der Waals surface area contributed by atoms with Gasteiger partial charge in [-0.2, -0.15) is 0 Å². The smallest absolute Gasteiger partial charge is 0.226 e. The van der Waals surface area contributed by atoms with Crippen LogP contribution >= 0.6 is 0 Å². The average Bonchev–Trinajstić information content (AvgIpc) is 3.18. The fourth-order valence-corrected chi connectivity index (χ4v) is 3.47. The van der Waals surface area contributed by atoms with E-state index in [9.17, 15) is 9.90 Å². The molecule has 31 heavy (non-hydrogen) atoms. The highest BCUT2D eigenvalue weighted by atomic mass is 16.4. The predicted molar refractivity (Wildman–Crippen MR) is 116 cm³/mol. The van der Waals surface area contributed by atoms with Crippen molar-refractivity contribution >= 4 is 17.0 Å². The zero-order chi connectivity index (χ0) is 22.0. The Labute approximate surface area is 180 Å².